The zero-order chi connectivity index (χ0) is 11.9. The minimum atomic E-state index is -4.81. The lowest BCUT2D eigenvalue weighted by molar-refractivity contribution is -0.120. The number of amides is 1. The van der Waals surface area contributed by atoms with E-state index in [1.165, 1.54) is 0 Å². The van der Waals surface area contributed by atoms with Crippen LogP contribution in [0.4, 0.5) is 0 Å². The summed E-state index contributed by atoms with van der Waals surface area (Å²) in [6.45, 7) is 0. The number of rotatable bonds is 3. The molecule has 7 nitrogen and oxygen atoms in total. The molecule has 0 spiro atoms. The van der Waals surface area contributed by atoms with Crippen LogP contribution >= 0.6 is 34.7 Å². The van der Waals surface area contributed by atoms with Gasteiger partial charge in [0.25, 0.3) is 5.91 Å². The first-order chi connectivity index (χ1) is 6.63. The van der Waals surface area contributed by atoms with Gasteiger partial charge in [-0.25, -0.2) is 0 Å². The molecule has 0 atom stereocenters. The summed E-state index contributed by atoms with van der Waals surface area (Å²) in [5, 5.41) is 0. The maximum atomic E-state index is 11.2. The van der Waals surface area contributed by atoms with Gasteiger partial charge in [-0.05, 0) is 0 Å². The molecule has 12 heteroatoms. The molecule has 0 unspecified atom stereocenters. The van der Waals surface area contributed by atoms with Crippen molar-refractivity contribution in [1.29, 1.82) is 0 Å². The van der Waals surface area contributed by atoms with Gasteiger partial charge in [0.1, 0.15) is 0 Å². The molecular formula is C3H2ClNO6S4. The molecule has 0 aromatic carbocycles. The van der Waals surface area contributed by atoms with Crippen molar-refractivity contribution in [2.24, 2.45) is 0 Å². The summed E-state index contributed by atoms with van der Waals surface area (Å²) >= 11 is 5.30. The highest BCUT2D eigenvalue weighted by atomic mass is 35.7. The molecule has 0 bridgehead atoms. The van der Waals surface area contributed by atoms with E-state index in [1.807, 2.05) is 0 Å². The normalized spacial score (nSPS) is 18.6. The van der Waals surface area contributed by atoms with Crippen molar-refractivity contribution in [3.05, 3.63) is 0 Å². The maximum absolute atomic E-state index is 11.2. The Morgan fingerprint density at radius 2 is 1.93 bits per heavy atom. The van der Waals surface area contributed by atoms with Crippen molar-refractivity contribution in [1.82, 2.24) is 4.31 Å². The zero-order valence-corrected chi connectivity index (χ0v) is 10.6. The van der Waals surface area contributed by atoms with Crippen LogP contribution in [-0.4, -0.2) is 37.1 Å². The number of hydrogen-bond acceptors (Lipinski definition) is 8. The van der Waals surface area contributed by atoms with Crippen LogP contribution < -0.4 is 0 Å². The number of thiocarbonyl (C=S) groups is 1. The van der Waals surface area contributed by atoms with E-state index < -0.39 is 25.5 Å². The van der Waals surface area contributed by atoms with Gasteiger partial charge in [-0.2, -0.15) is 21.1 Å². The molecule has 1 amide bonds. The van der Waals surface area contributed by atoms with Gasteiger partial charge in [-0.15, -0.1) is 3.63 Å². The number of carbonyl (C=O) groups is 1. The molecule has 0 aromatic rings. The quantitative estimate of drug-likeness (QED) is 0.512. The van der Waals surface area contributed by atoms with E-state index in [1.54, 1.807) is 0 Å². The molecule has 1 heterocycles. The third-order valence-corrected chi connectivity index (χ3v) is 5.32. The van der Waals surface area contributed by atoms with E-state index in [9.17, 15) is 21.6 Å². The minimum Gasteiger partial charge on any atom is -0.272 e. The molecule has 0 aromatic heterocycles. The van der Waals surface area contributed by atoms with Crippen molar-refractivity contribution in [3.63, 3.8) is 0 Å². The lowest BCUT2D eigenvalue weighted by atomic mass is 10.7. The van der Waals surface area contributed by atoms with Crippen molar-refractivity contribution in [2.75, 3.05) is 5.75 Å². The minimum absolute atomic E-state index is 0.0763. The molecule has 0 radical (unpaired) electrons. The Kier molecular flexibility index (Phi) is 3.63. The van der Waals surface area contributed by atoms with Crippen LogP contribution in [0.5, 0.6) is 0 Å². The Morgan fingerprint density at radius 3 is 2.27 bits per heavy atom. The monoisotopic (exact) mass is 311 g/mol. The van der Waals surface area contributed by atoms with Crippen molar-refractivity contribution in [3.8, 4) is 0 Å². The predicted molar refractivity (Wildman–Crippen MR) is 56.7 cm³/mol. The third kappa shape index (κ3) is 3.26. The summed E-state index contributed by atoms with van der Waals surface area (Å²) in [4.78, 5) is 11.0. The topological polar surface area (TPSA) is 97.8 Å². The largest absolute Gasteiger partial charge is 0.385 e. The van der Waals surface area contributed by atoms with E-state index in [4.69, 9.17) is 0 Å². The van der Waals surface area contributed by atoms with Gasteiger partial charge in [0, 0.05) is 0 Å². The first kappa shape index (κ1) is 13.1. The van der Waals surface area contributed by atoms with Gasteiger partial charge in [0.15, 0.2) is 4.32 Å². The standard InChI is InChI=1S/C3H2ClNO6S4/c4-14(7,8)11-15(9,10)5-2(6)1-13-3(5)12/h1H2. The highest BCUT2D eigenvalue weighted by Crippen LogP contribution is 2.24. The van der Waals surface area contributed by atoms with Crippen LogP contribution in [0, 0.1) is 0 Å². The maximum Gasteiger partial charge on any atom is 0.385 e. The Bertz CT molecular complexity index is 490. The lowest BCUT2D eigenvalue weighted by Crippen LogP contribution is -2.36. The summed E-state index contributed by atoms with van der Waals surface area (Å²) in [6.07, 6.45) is 0. The first-order valence-corrected chi connectivity index (χ1v) is 8.03. The van der Waals surface area contributed by atoms with Gasteiger partial charge in [0.2, 0.25) is 0 Å². The van der Waals surface area contributed by atoms with Crippen LogP contribution in [0.15, 0.2) is 0 Å². The number of thioether (sulfide) groups is 1. The first-order valence-electron chi connectivity index (χ1n) is 3.04. The fraction of sp³-hybridized carbons (Fsp3) is 0.333. The van der Waals surface area contributed by atoms with Gasteiger partial charge in [-0.1, -0.05) is 24.0 Å². The Labute approximate surface area is 99.6 Å². The molecule has 0 saturated carbocycles. The van der Waals surface area contributed by atoms with E-state index in [0.29, 0.717) is 0 Å². The second-order valence-electron chi connectivity index (χ2n) is 2.13. The van der Waals surface area contributed by atoms with Crippen LogP contribution in [0.1, 0.15) is 0 Å². The van der Waals surface area contributed by atoms with Crippen LogP contribution in [0.3, 0.4) is 0 Å². The average molecular weight is 312 g/mol. The summed E-state index contributed by atoms with van der Waals surface area (Å²) in [5.41, 5.74) is 0. The number of hydrogen-bond donors (Lipinski definition) is 0. The summed E-state index contributed by atoms with van der Waals surface area (Å²) in [5.74, 6) is -1.07. The van der Waals surface area contributed by atoms with Gasteiger partial charge < -0.3 is 0 Å². The zero-order valence-electron chi connectivity index (χ0n) is 6.61. The lowest BCUT2D eigenvalue weighted by Gasteiger charge is -2.12. The predicted octanol–water partition coefficient (Wildman–Crippen LogP) is -0.408. The van der Waals surface area contributed by atoms with Crippen LogP contribution in [0.2, 0.25) is 0 Å². The molecule has 15 heavy (non-hydrogen) atoms. The summed E-state index contributed by atoms with van der Waals surface area (Å²) in [7, 11) is -4.98. The smallest absolute Gasteiger partial charge is 0.272 e. The Morgan fingerprint density at radius 1 is 1.40 bits per heavy atom. The van der Waals surface area contributed by atoms with Gasteiger partial charge in [0.05, 0.1) is 16.4 Å². The van der Waals surface area contributed by atoms with Crippen LogP contribution in [-0.2, 0) is 28.1 Å². The fourth-order valence-corrected chi connectivity index (χ4v) is 4.50. The third-order valence-electron chi connectivity index (χ3n) is 1.10. The van der Waals surface area contributed by atoms with Crippen molar-refractivity contribution < 1.29 is 25.3 Å². The Balaban J connectivity index is 3.07. The molecule has 86 valence electrons. The van der Waals surface area contributed by atoms with E-state index >= 15 is 0 Å². The molecule has 1 saturated heterocycles. The number of carbonyl (C=O) groups excluding carboxylic acids is 1. The number of nitrogens with zero attached hydrogens (tertiary/aromatic N) is 1. The molecule has 0 N–H and O–H groups in total. The van der Waals surface area contributed by atoms with E-state index in [0.717, 1.165) is 11.8 Å². The molecule has 1 rings (SSSR count). The van der Waals surface area contributed by atoms with Gasteiger partial charge in [-0.3, -0.25) is 4.79 Å². The fourth-order valence-electron chi connectivity index (χ4n) is 0.692. The van der Waals surface area contributed by atoms with Crippen molar-refractivity contribution in [2.45, 2.75) is 0 Å². The second-order valence-corrected chi connectivity index (χ2v) is 7.43. The Hall–Kier alpha value is 0.0600. The van der Waals surface area contributed by atoms with Crippen molar-refractivity contribution >= 4 is 64.5 Å². The molecular weight excluding hydrogens is 310 g/mol. The highest BCUT2D eigenvalue weighted by Gasteiger charge is 2.40. The summed E-state index contributed by atoms with van der Waals surface area (Å²) in [6, 6.07) is 0. The van der Waals surface area contributed by atoms with Crippen LogP contribution in [0.25, 0.3) is 0 Å². The SMILES string of the molecule is O=C1CSC(=S)N1S(=O)(=O)OS(=O)(=O)Cl. The average Bonchev–Trinajstić information content (AvgIpc) is 2.25. The summed E-state index contributed by atoms with van der Waals surface area (Å²) < 4.78 is 46.5. The molecule has 1 aliphatic heterocycles. The highest BCUT2D eigenvalue weighted by molar-refractivity contribution is 8.25. The molecule has 1 fully saturated rings. The van der Waals surface area contributed by atoms with Gasteiger partial charge >= 0.3 is 19.6 Å². The molecule has 0 aliphatic carbocycles. The molecule has 1 aliphatic rings. The second kappa shape index (κ2) is 4.14. The van der Waals surface area contributed by atoms with E-state index in [-0.39, 0.29) is 14.4 Å². The number of halogens is 1. The van der Waals surface area contributed by atoms with E-state index in [2.05, 4.69) is 26.5 Å².